The summed E-state index contributed by atoms with van der Waals surface area (Å²) < 4.78 is 2.03. The molecule has 148 valence electrons. The molecule has 3 aromatic rings. The average Bonchev–Trinajstić information content (AvgIpc) is 3.15. The first-order chi connectivity index (χ1) is 14.0. The monoisotopic (exact) mass is 407 g/mol. The number of nitrogens with zero attached hydrogens (tertiary/aromatic N) is 4. The highest BCUT2D eigenvalue weighted by Gasteiger charge is 2.25. The Hall–Kier alpha value is -3.18. The Balaban J connectivity index is 1.92. The van der Waals surface area contributed by atoms with E-state index in [4.69, 9.17) is 10.7 Å². The SMILES string of the molecule is CC1CCCN(c2nc3c(C(N)=O)csc3c(=O)n2Cc2ccccc2C#N)C1. The van der Waals surface area contributed by atoms with Crippen LogP contribution in [0.15, 0.2) is 34.4 Å². The third kappa shape index (κ3) is 3.49. The van der Waals surface area contributed by atoms with Crippen LogP contribution in [0.4, 0.5) is 5.95 Å². The Labute approximate surface area is 172 Å². The first-order valence-corrected chi connectivity index (χ1v) is 10.4. The number of hydrogen-bond acceptors (Lipinski definition) is 6. The maximum atomic E-state index is 13.4. The summed E-state index contributed by atoms with van der Waals surface area (Å²) in [6.07, 6.45) is 2.14. The Kier molecular flexibility index (Phi) is 5.07. The third-order valence-electron chi connectivity index (χ3n) is 5.33. The molecule has 29 heavy (non-hydrogen) atoms. The standard InChI is InChI=1S/C21H21N5O2S/c1-13-5-4-8-25(10-13)21-24-17-16(19(23)27)12-29-18(17)20(28)26(21)11-15-7-3-2-6-14(15)9-22/h2-3,6-7,12-13H,4-5,8,10-11H2,1H3,(H2,23,27). The van der Waals surface area contributed by atoms with Crippen molar-refractivity contribution in [2.45, 2.75) is 26.3 Å². The largest absolute Gasteiger partial charge is 0.366 e. The molecule has 8 heteroatoms. The van der Waals surface area contributed by atoms with Crippen molar-refractivity contribution in [3.8, 4) is 6.07 Å². The number of aromatic nitrogens is 2. The summed E-state index contributed by atoms with van der Waals surface area (Å²) in [5.74, 6) is 0.422. The molecular weight excluding hydrogens is 386 g/mol. The van der Waals surface area contributed by atoms with Gasteiger partial charge in [0.05, 0.1) is 23.7 Å². The van der Waals surface area contributed by atoms with Gasteiger partial charge >= 0.3 is 0 Å². The van der Waals surface area contributed by atoms with Crippen molar-refractivity contribution in [3.63, 3.8) is 0 Å². The third-order valence-corrected chi connectivity index (χ3v) is 6.29. The molecule has 1 fully saturated rings. The summed E-state index contributed by atoms with van der Waals surface area (Å²) in [5, 5.41) is 11.0. The predicted octanol–water partition coefficient (Wildman–Crippen LogP) is 2.71. The van der Waals surface area contributed by atoms with E-state index in [1.54, 1.807) is 22.1 Å². The molecule has 2 aromatic heterocycles. The summed E-state index contributed by atoms with van der Waals surface area (Å²) in [5.41, 5.74) is 7.21. The van der Waals surface area contributed by atoms with Crippen LogP contribution in [0.25, 0.3) is 10.2 Å². The van der Waals surface area contributed by atoms with Gasteiger partial charge in [0.25, 0.3) is 11.5 Å². The molecule has 1 unspecified atom stereocenters. The number of fused-ring (bicyclic) bond motifs is 1. The molecule has 1 aromatic carbocycles. The molecule has 7 nitrogen and oxygen atoms in total. The van der Waals surface area contributed by atoms with E-state index in [2.05, 4.69) is 17.9 Å². The summed E-state index contributed by atoms with van der Waals surface area (Å²) in [6, 6.07) is 9.44. The summed E-state index contributed by atoms with van der Waals surface area (Å²) in [6.45, 7) is 4.00. The number of anilines is 1. The Morgan fingerprint density at radius 1 is 1.41 bits per heavy atom. The van der Waals surface area contributed by atoms with Gasteiger partial charge in [-0.3, -0.25) is 14.2 Å². The van der Waals surface area contributed by atoms with E-state index in [9.17, 15) is 14.9 Å². The maximum Gasteiger partial charge on any atom is 0.273 e. The van der Waals surface area contributed by atoms with Gasteiger partial charge in [-0.25, -0.2) is 4.98 Å². The van der Waals surface area contributed by atoms with Crippen LogP contribution in [0.5, 0.6) is 0 Å². The van der Waals surface area contributed by atoms with E-state index < -0.39 is 5.91 Å². The molecule has 0 aliphatic carbocycles. The summed E-state index contributed by atoms with van der Waals surface area (Å²) >= 11 is 1.18. The number of primary amides is 1. The highest BCUT2D eigenvalue weighted by atomic mass is 32.1. The fourth-order valence-corrected chi connectivity index (χ4v) is 4.80. The van der Waals surface area contributed by atoms with Crippen LogP contribution in [0.2, 0.25) is 0 Å². The number of hydrogen-bond donors (Lipinski definition) is 1. The van der Waals surface area contributed by atoms with Crippen molar-refractivity contribution in [2.24, 2.45) is 11.7 Å². The van der Waals surface area contributed by atoms with Gasteiger partial charge in [0.2, 0.25) is 5.95 Å². The Morgan fingerprint density at radius 2 is 2.21 bits per heavy atom. The predicted molar refractivity (Wildman–Crippen MR) is 113 cm³/mol. The minimum atomic E-state index is -0.589. The fourth-order valence-electron chi connectivity index (χ4n) is 3.86. The van der Waals surface area contributed by atoms with Crippen molar-refractivity contribution in [1.29, 1.82) is 5.26 Å². The molecule has 1 aliphatic heterocycles. The number of nitrogens with two attached hydrogens (primary N) is 1. The van der Waals surface area contributed by atoms with Crippen molar-refractivity contribution in [3.05, 3.63) is 56.7 Å². The molecule has 1 atom stereocenters. The first kappa shape index (κ1) is 19.2. The molecular formula is C21H21N5O2S. The number of amides is 1. The van der Waals surface area contributed by atoms with Gasteiger partial charge in [-0.1, -0.05) is 25.1 Å². The van der Waals surface area contributed by atoms with Crippen LogP contribution in [0.1, 0.15) is 41.3 Å². The Bertz CT molecular complexity index is 1190. The second kappa shape index (κ2) is 7.68. The molecule has 0 bridgehead atoms. The molecule has 1 saturated heterocycles. The van der Waals surface area contributed by atoms with E-state index in [1.807, 2.05) is 12.1 Å². The van der Waals surface area contributed by atoms with E-state index in [-0.39, 0.29) is 17.7 Å². The lowest BCUT2D eigenvalue weighted by molar-refractivity contribution is 0.100. The zero-order valence-corrected chi connectivity index (χ0v) is 16.9. The van der Waals surface area contributed by atoms with Gasteiger partial charge in [0.1, 0.15) is 10.2 Å². The van der Waals surface area contributed by atoms with Crippen LogP contribution in [0.3, 0.4) is 0 Å². The lowest BCUT2D eigenvalue weighted by Crippen LogP contribution is -2.39. The number of piperidine rings is 1. The molecule has 4 rings (SSSR count). The van der Waals surface area contributed by atoms with Crippen molar-refractivity contribution < 1.29 is 4.79 Å². The lowest BCUT2D eigenvalue weighted by atomic mass is 10.0. The smallest absolute Gasteiger partial charge is 0.273 e. The van der Waals surface area contributed by atoms with Gasteiger partial charge in [-0.15, -0.1) is 11.3 Å². The van der Waals surface area contributed by atoms with Crippen LogP contribution < -0.4 is 16.2 Å². The van der Waals surface area contributed by atoms with E-state index in [1.165, 1.54) is 11.3 Å². The topological polar surface area (TPSA) is 105 Å². The molecule has 3 heterocycles. The average molecular weight is 407 g/mol. The van der Waals surface area contributed by atoms with Gasteiger partial charge in [-0.05, 0) is 30.4 Å². The van der Waals surface area contributed by atoms with Crippen LogP contribution in [0, 0.1) is 17.2 Å². The highest BCUT2D eigenvalue weighted by molar-refractivity contribution is 7.17. The van der Waals surface area contributed by atoms with Crippen molar-refractivity contribution in [1.82, 2.24) is 9.55 Å². The molecule has 0 radical (unpaired) electrons. The van der Waals surface area contributed by atoms with E-state index >= 15 is 0 Å². The van der Waals surface area contributed by atoms with E-state index in [0.29, 0.717) is 27.6 Å². The van der Waals surface area contributed by atoms with Gasteiger partial charge < -0.3 is 10.6 Å². The van der Waals surface area contributed by atoms with Gasteiger partial charge in [-0.2, -0.15) is 5.26 Å². The highest BCUT2D eigenvalue weighted by Crippen LogP contribution is 2.27. The molecule has 1 aliphatic rings. The lowest BCUT2D eigenvalue weighted by Gasteiger charge is -2.33. The number of rotatable bonds is 4. The first-order valence-electron chi connectivity index (χ1n) is 9.54. The Morgan fingerprint density at radius 3 is 2.93 bits per heavy atom. The normalized spacial score (nSPS) is 16.7. The van der Waals surface area contributed by atoms with Crippen molar-refractivity contribution >= 4 is 33.4 Å². The zero-order valence-electron chi connectivity index (χ0n) is 16.1. The van der Waals surface area contributed by atoms with Crippen molar-refractivity contribution in [2.75, 3.05) is 18.0 Å². The van der Waals surface area contributed by atoms with Gasteiger partial charge in [0.15, 0.2) is 0 Å². The molecule has 2 N–H and O–H groups in total. The number of carbonyl (C=O) groups excluding carboxylic acids is 1. The number of thiophene rings is 1. The minimum absolute atomic E-state index is 0.214. The maximum absolute atomic E-state index is 13.4. The molecule has 0 saturated carbocycles. The number of nitriles is 1. The second-order valence-corrected chi connectivity index (χ2v) is 8.34. The fraction of sp³-hybridized carbons (Fsp3) is 0.333. The number of carbonyl (C=O) groups is 1. The van der Waals surface area contributed by atoms with Crippen LogP contribution >= 0.6 is 11.3 Å². The van der Waals surface area contributed by atoms with E-state index in [0.717, 1.165) is 31.5 Å². The molecule has 1 amide bonds. The van der Waals surface area contributed by atoms with Crippen LogP contribution in [-0.2, 0) is 6.54 Å². The zero-order chi connectivity index (χ0) is 20.5. The molecule has 0 spiro atoms. The van der Waals surface area contributed by atoms with Crippen LogP contribution in [-0.4, -0.2) is 28.5 Å². The number of benzene rings is 1. The van der Waals surface area contributed by atoms with Gasteiger partial charge in [0, 0.05) is 18.5 Å². The quantitative estimate of drug-likeness (QED) is 0.716. The minimum Gasteiger partial charge on any atom is -0.366 e. The summed E-state index contributed by atoms with van der Waals surface area (Å²) in [4.78, 5) is 32.0. The second-order valence-electron chi connectivity index (χ2n) is 7.46. The summed E-state index contributed by atoms with van der Waals surface area (Å²) in [7, 11) is 0.